The van der Waals surface area contributed by atoms with Gasteiger partial charge in [0.1, 0.15) is 0 Å². The van der Waals surface area contributed by atoms with Crippen molar-refractivity contribution >= 4 is 5.95 Å². The molecule has 0 atom stereocenters. The van der Waals surface area contributed by atoms with Crippen molar-refractivity contribution in [2.24, 2.45) is 5.41 Å². The van der Waals surface area contributed by atoms with Crippen molar-refractivity contribution in [2.45, 2.75) is 19.8 Å². The molecule has 2 rings (SSSR count). The van der Waals surface area contributed by atoms with Gasteiger partial charge in [0.15, 0.2) is 5.82 Å². The Hall–Kier alpha value is -1.19. The summed E-state index contributed by atoms with van der Waals surface area (Å²) in [6.45, 7) is 3.09. The number of aromatic nitrogens is 2. The van der Waals surface area contributed by atoms with Crippen LogP contribution in [0.25, 0.3) is 0 Å². The average molecular weight is 181 g/mol. The molecule has 70 valence electrons. The fourth-order valence-electron chi connectivity index (χ4n) is 1.09. The van der Waals surface area contributed by atoms with Crippen LogP contribution in [-0.2, 0) is 0 Å². The summed E-state index contributed by atoms with van der Waals surface area (Å²) in [5.74, 6) is 0.109. The summed E-state index contributed by atoms with van der Waals surface area (Å²) in [5.41, 5.74) is 0.414. The van der Waals surface area contributed by atoms with Gasteiger partial charge < -0.3 is 5.32 Å². The minimum absolute atomic E-state index is 0.400. The number of hydrogen-bond donors (Lipinski definition) is 1. The number of nitrogens with one attached hydrogen (secondary N) is 1. The van der Waals surface area contributed by atoms with Crippen LogP contribution in [0, 0.1) is 11.2 Å². The third-order valence-corrected chi connectivity index (χ3v) is 2.40. The Morgan fingerprint density at radius 1 is 1.46 bits per heavy atom. The molecule has 0 unspecified atom stereocenters. The molecule has 0 radical (unpaired) electrons. The van der Waals surface area contributed by atoms with Gasteiger partial charge in [0.2, 0.25) is 5.95 Å². The van der Waals surface area contributed by atoms with Crippen LogP contribution >= 0.6 is 0 Å². The molecule has 1 aliphatic rings. The van der Waals surface area contributed by atoms with E-state index in [1.54, 1.807) is 0 Å². The van der Waals surface area contributed by atoms with Gasteiger partial charge in [-0.1, -0.05) is 6.92 Å². The first-order valence-corrected chi connectivity index (χ1v) is 4.39. The maximum absolute atomic E-state index is 12.4. The van der Waals surface area contributed by atoms with E-state index in [1.807, 2.05) is 0 Å². The first-order valence-electron chi connectivity index (χ1n) is 4.39. The van der Waals surface area contributed by atoms with Crippen LogP contribution in [0.15, 0.2) is 12.4 Å². The predicted octanol–water partition coefficient (Wildman–Crippen LogP) is 1.83. The first-order chi connectivity index (χ1) is 6.18. The molecule has 1 heterocycles. The van der Waals surface area contributed by atoms with Crippen LogP contribution in [0.5, 0.6) is 0 Å². The summed E-state index contributed by atoms with van der Waals surface area (Å²) in [5, 5.41) is 3.09. The second-order valence-corrected chi connectivity index (χ2v) is 3.89. The van der Waals surface area contributed by atoms with Crippen LogP contribution in [-0.4, -0.2) is 16.5 Å². The highest BCUT2D eigenvalue weighted by molar-refractivity contribution is 5.23. The maximum atomic E-state index is 12.4. The van der Waals surface area contributed by atoms with E-state index in [0.29, 0.717) is 11.4 Å². The quantitative estimate of drug-likeness (QED) is 0.773. The molecular formula is C9H12FN3. The number of anilines is 1. The number of nitrogens with zero attached hydrogens (tertiary/aromatic N) is 2. The topological polar surface area (TPSA) is 37.8 Å². The van der Waals surface area contributed by atoms with Gasteiger partial charge in [0.05, 0.1) is 12.4 Å². The average Bonchev–Trinajstić information content (AvgIpc) is 2.84. The molecule has 4 heteroatoms. The van der Waals surface area contributed by atoms with E-state index >= 15 is 0 Å². The molecule has 0 aliphatic heterocycles. The van der Waals surface area contributed by atoms with Gasteiger partial charge in [-0.3, -0.25) is 0 Å². The van der Waals surface area contributed by atoms with Gasteiger partial charge in [-0.05, 0) is 18.3 Å². The maximum Gasteiger partial charge on any atom is 0.222 e. The van der Waals surface area contributed by atoms with Crippen molar-refractivity contribution < 1.29 is 4.39 Å². The minimum Gasteiger partial charge on any atom is -0.354 e. The molecule has 0 aromatic carbocycles. The highest BCUT2D eigenvalue weighted by Gasteiger charge is 2.36. The van der Waals surface area contributed by atoms with Crippen molar-refractivity contribution in [3.05, 3.63) is 18.2 Å². The summed E-state index contributed by atoms with van der Waals surface area (Å²) in [6, 6.07) is 0. The fraction of sp³-hybridized carbons (Fsp3) is 0.556. The Labute approximate surface area is 76.4 Å². The van der Waals surface area contributed by atoms with Crippen molar-refractivity contribution in [3.8, 4) is 0 Å². The zero-order valence-corrected chi connectivity index (χ0v) is 7.55. The third-order valence-electron chi connectivity index (χ3n) is 2.40. The Morgan fingerprint density at radius 3 is 2.62 bits per heavy atom. The van der Waals surface area contributed by atoms with E-state index in [-0.39, 0.29) is 0 Å². The van der Waals surface area contributed by atoms with E-state index in [2.05, 4.69) is 22.2 Å². The molecule has 1 aliphatic carbocycles. The smallest absolute Gasteiger partial charge is 0.222 e. The molecule has 0 saturated heterocycles. The van der Waals surface area contributed by atoms with Gasteiger partial charge in [-0.2, -0.15) is 0 Å². The summed E-state index contributed by atoms with van der Waals surface area (Å²) >= 11 is 0. The zero-order valence-electron chi connectivity index (χ0n) is 7.55. The molecule has 0 amide bonds. The van der Waals surface area contributed by atoms with E-state index in [1.165, 1.54) is 25.2 Å². The molecular weight excluding hydrogens is 169 g/mol. The molecule has 1 fully saturated rings. The van der Waals surface area contributed by atoms with Crippen LogP contribution in [0.4, 0.5) is 10.3 Å². The molecule has 3 nitrogen and oxygen atoms in total. The van der Waals surface area contributed by atoms with Crippen molar-refractivity contribution in [1.29, 1.82) is 0 Å². The Kier molecular flexibility index (Phi) is 1.90. The van der Waals surface area contributed by atoms with Gasteiger partial charge in [-0.25, -0.2) is 14.4 Å². The normalized spacial score (nSPS) is 18.3. The van der Waals surface area contributed by atoms with Crippen molar-refractivity contribution in [3.63, 3.8) is 0 Å². The molecule has 13 heavy (non-hydrogen) atoms. The van der Waals surface area contributed by atoms with Gasteiger partial charge >= 0.3 is 0 Å². The van der Waals surface area contributed by atoms with Crippen LogP contribution in [0.3, 0.4) is 0 Å². The summed E-state index contributed by atoms with van der Waals surface area (Å²) in [6.07, 6.45) is 4.84. The summed E-state index contributed by atoms with van der Waals surface area (Å²) in [4.78, 5) is 7.62. The lowest BCUT2D eigenvalue weighted by Gasteiger charge is -2.08. The van der Waals surface area contributed by atoms with Gasteiger partial charge in [0.25, 0.3) is 0 Å². The first kappa shape index (κ1) is 8.41. The summed E-state index contributed by atoms with van der Waals surface area (Å²) in [7, 11) is 0. The highest BCUT2D eigenvalue weighted by atomic mass is 19.1. The Balaban J connectivity index is 1.91. The lowest BCUT2D eigenvalue weighted by atomic mass is 10.1. The molecule has 0 spiro atoms. The Morgan fingerprint density at radius 2 is 2.08 bits per heavy atom. The molecule has 1 aromatic heterocycles. The molecule has 1 saturated carbocycles. The molecule has 0 bridgehead atoms. The third kappa shape index (κ3) is 2.14. The molecule has 1 aromatic rings. The second-order valence-electron chi connectivity index (χ2n) is 3.89. The van der Waals surface area contributed by atoms with Crippen molar-refractivity contribution in [2.75, 3.05) is 11.9 Å². The van der Waals surface area contributed by atoms with E-state index in [9.17, 15) is 4.39 Å². The van der Waals surface area contributed by atoms with Gasteiger partial charge in [-0.15, -0.1) is 0 Å². The lowest BCUT2D eigenvalue weighted by Crippen LogP contribution is -2.13. The minimum atomic E-state index is -0.400. The summed E-state index contributed by atoms with van der Waals surface area (Å²) < 4.78 is 12.4. The van der Waals surface area contributed by atoms with E-state index in [0.717, 1.165) is 6.54 Å². The lowest BCUT2D eigenvalue weighted by molar-refractivity contribution is 0.600. The Bertz CT molecular complexity index is 292. The van der Waals surface area contributed by atoms with Crippen LogP contribution in [0.1, 0.15) is 19.8 Å². The fourth-order valence-corrected chi connectivity index (χ4v) is 1.09. The van der Waals surface area contributed by atoms with E-state index in [4.69, 9.17) is 0 Å². The predicted molar refractivity (Wildman–Crippen MR) is 47.8 cm³/mol. The SMILES string of the molecule is CC1(CNc2ncc(F)cn2)CC1. The standard InChI is InChI=1S/C9H12FN3/c1-9(2-3-9)6-13-8-11-4-7(10)5-12-8/h4-5H,2-3,6H2,1H3,(H,11,12,13). The van der Waals surface area contributed by atoms with Crippen LogP contribution < -0.4 is 5.32 Å². The largest absolute Gasteiger partial charge is 0.354 e. The highest BCUT2D eigenvalue weighted by Crippen LogP contribution is 2.44. The number of halogens is 1. The van der Waals surface area contributed by atoms with Crippen LogP contribution in [0.2, 0.25) is 0 Å². The number of hydrogen-bond acceptors (Lipinski definition) is 3. The molecule has 1 N–H and O–H groups in total. The van der Waals surface area contributed by atoms with Gasteiger partial charge in [0, 0.05) is 6.54 Å². The monoisotopic (exact) mass is 181 g/mol. The van der Waals surface area contributed by atoms with Crippen molar-refractivity contribution in [1.82, 2.24) is 9.97 Å². The zero-order chi connectivity index (χ0) is 9.31. The number of rotatable bonds is 3. The van der Waals surface area contributed by atoms with E-state index < -0.39 is 5.82 Å². The second kappa shape index (κ2) is 2.94.